The van der Waals surface area contributed by atoms with Crippen LogP contribution in [0, 0.1) is 3.57 Å². The van der Waals surface area contributed by atoms with Crippen LogP contribution in [0.5, 0.6) is 0 Å². The standard InChI is InChI=1S/C13H16IN2O2/c1-8(2)11-5-3-9(7-15-11)14-10-4-6-12(17)16-13(10)18/h3,5,7-8,10H,4,6H2,1-2H3,(H,16,17,18)/q-1. The number of nitrogens with one attached hydrogen (secondary N) is 1. The average Bonchev–Trinajstić information content (AvgIpc) is 2.33. The fraction of sp³-hybridized carbons (Fsp3) is 0.462. The zero-order valence-electron chi connectivity index (χ0n) is 10.4. The first kappa shape index (κ1) is 13.5. The molecule has 1 aromatic rings. The first-order valence-corrected chi connectivity index (χ1v) is 8.31. The Labute approximate surface area is 117 Å². The minimum absolute atomic E-state index is 0.00759. The van der Waals surface area contributed by atoms with Crippen LogP contribution >= 0.6 is 0 Å². The summed E-state index contributed by atoms with van der Waals surface area (Å²) in [5.74, 6) is 0.174. The van der Waals surface area contributed by atoms with E-state index in [2.05, 4.69) is 30.2 Å². The van der Waals surface area contributed by atoms with Gasteiger partial charge in [0.25, 0.3) is 0 Å². The van der Waals surface area contributed by atoms with Gasteiger partial charge in [0.05, 0.1) is 0 Å². The van der Waals surface area contributed by atoms with Crippen LogP contribution in [0.4, 0.5) is 0 Å². The number of carbonyl (C=O) groups is 2. The second kappa shape index (κ2) is 5.77. The molecule has 1 unspecified atom stereocenters. The Balaban J connectivity index is 2.01. The molecule has 4 nitrogen and oxygen atoms in total. The molecule has 1 aromatic heterocycles. The molecule has 1 fully saturated rings. The van der Waals surface area contributed by atoms with Gasteiger partial charge in [-0.05, 0) is 0 Å². The zero-order valence-corrected chi connectivity index (χ0v) is 12.6. The fourth-order valence-electron chi connectivity index (χ4n) is 1.72. The first-order chi connectivity index (χ1) is 8.56. The molecule has 1 saturated heterocycles. The van der Waals surface area contributed by atoms with E-state index >= 15 is 0 Å². The summed E-state index contributed by atoms with van der Waals surface area (Å²) < 4.78 is 1.17. The molecule has 2 amide bonds. The predicted octanol–water partition coefficient (Wildman–Crippen LogP) is -1.73. The molecule has 1 N–H and O–H groups in total. The third kappa shape index (κ3) is 3.28. The summed E-state index contributed by atoms with van der Waals surface area (Å²) in [6.07, 6.45) is 3.03. The SMILES string of the molecule is CC(C)c1ccc([I-]C2CCC(=O)NC2=O)cn1. The second-order valence-electron chi connectivity index (χ2n) is 4.58. The number of nitrogens with zero attached hydrogens (tertiary/aromatic N) is 1. The predicted molar refractivity (Wildman–Crippen MR) is 63.2 cm³/mol. The van der Waals surface area contributed by atoms with Crippen molar-refractivity contribution in [2.45, 2.75) is 36.5 Å². The van der Waals surface area contributed by atoms with Crippen LogP contribution in [0.25, 0.3) is 0 Å². The van der Waals surface area contributed by atoms with Gasteiger partial charge in [0.15, 0.2) is 0 Å². The Morgan fingerprint density at radius 3 is 2.72 bits per heavy atom. The number of piperidine rings is 1. The molecule has 5 heteroatoms. The molecule has 1 atom stereocenters. The van der Waals surface area contributed by atoms with Gasteiger partial charge in [-0.2, -0.15) is 0 Å². The van der Waals surface area contributed by atoms with Crippen molar-refractivity contribution in [2.75, 3.05) is 0 Å². The van der Waals surface area contributed by atoms with Crippen molar-refractivity contribution in [2.24, 2.45) is 0 Å². The number of halogens is 1. The first-order valence-electron chi connectivity index (χ1n) is 5.99. The maximum absolute atomic E-state index is 11.7. The number of rotatable bonds is 3. The monoisotopic (exact) mass is 359 g/mol. The number of hydrogen-bond acceptors (Lipinski definition) is 3. The molecule has 0 saturated carbocycles. The number of alkyl halides is 1. The van der Waals surface area contributed by atoms with Gasteiger partial charge in [0.2, 0.25) is 0 Å². The van der Waals surface area contributed by atoms with Crippen LogP contribution in [-0.2, 0) is 9.59 Å². The van der Waals surface area contributed by atoms with Crippen molar-refractivity contribution in [3.8, 4) is 0 Å². The molecule has 2 heterocycles. The molecule has 1 aliphatic heterocycles. The van der Waals surface area contributed by atoms with Crippen molar-refractivity contribution < 1.29 is 30.8 Å². The second-order valence-corrected chi connectivity index (χ2v) is 7.96. The normalized spacial score (nSPS) is 20.3. The van der Waals surface area contributed by atoms with E-state index < -0.39 is 21.2 Å². The van der Waals surface area contributed by atoms with Crippen LogP contribution in [0.1, 0.15) is 38.3 Å². The Morgan fingerprint density at radius 2 is 2.17 bits per heavy atom. The van der Waals surface area contributed by atoms with E-state index in [-0.39, 0.29) is 15.7 Å². The van der Waals surface area contributed by atoms with Crippen molar-refractivity contribution in [1.29, 1.82) is 0 Å². The van der Waals surface area contributed by atoms with Crippen LogP contribution in [-0.4, -0.2) is 20.7 Å². The number of pyridine rings is 1. The summed E-state index contributed by atoms with van der Waals surface area (Å²) in [5.41, 5.74) is 1.08. The van der Waals surface area contributed by atoms with E-state index in [1.165, 1.54) is 0 Å². The van der Waals surface area contributed by atoms with E-state index in [9.17, 15) is 9.59 Å². The number of hydrogen-bond donors (Lipinski definition) is 1. The van der Waals surface area contributed by atoms with E-state index in [0.29, 0.717) is 18.8 Å². The minimum atomic E-state index is -0.413. The van der Waals surface area contributed by atoms with Gasteiger partial charge in [-0.15, -0.1) is 0 Å². The molecule has 98 valence electrons. The number of aromatic nitrogens is 1. The summed E-state index contributed by atoms with van der Waals surface area (Å²) in [6.45, 7) is 4.22. The molecular formula is C13H16IN2O2-. The molecular weight excluding hydrogens is 343 g/mol. The fourth-order valence-corrected chi connectivity index (χ4v) is 4.33. The zero-order chi connectivity index (χ0) is 13.1. The van der Waals surface area contributed by atoms with Gasteiger partial charge in [-0.25, -0.2) is 0 Å². The number of imide groups is 1. The molecule has 18 heavy (non-hydrogen) atoms. The molecule has 0 aliphatic carbocycles. The van der Waals surface area contributed by atoms with Crippen molar-refractivity contribution in [3.05, 3.63) is 27.6 Å². The third-order valence-corrected chi connectivity index (χ3v) is 6.07. The summed E-state index contributed by atoms with van der Waals surface area (Å²) >= 11 is -0.413. The Hall–Kier alpha value is -0.980. The van der Waals surface area contributed by atoms with Crippen LogP contribution in [0.2, 0.25) is 0 Å². The molecule has 0 aromatic carbocycles. The summed E-state index contributed by atoms with van der Waals surface area (Å²) in [4.78, 5) is 27.1. The molecule has 0 spiro atoms. The maximum atomic E-state index is 11.7. The molecule has 0 radical (unpaired) electrons. The Bertz CT molecular complexity index is 457. The molecule has 1 aliphatic rings. The van der Waals surface area contributed by atoms with Gasteiger partial charge in [-0.3, -0.25) is 0 Å². The van der Waals surface area contributed by atoms with Gasteiger partial charge in [0.1, 0.15) is 0 Å². The van der Waals surface area contributed by atoms with E-state index in [4.69, 9.17) is 0 Å². The van der Waals surface area contributed by atoms with Gasteiger partial charge < -0.3 is 0 Å². The topological polar surface area (TPSA) is 59.1 Å². The van der Waals surface area contributed by atoms with Crippen molar-refractivity contribution in [3.63, 3.8) is 0 Å². The third-order valence-electron chi connectivity index (χ3n) is 2.77. The Kier molecular flexibility index (Phi) is 4.31. The van der Waals surface area contributed by atoms with E-state index in [0.717, 1.165) is 9.26 Å². The van der Waals surface area contributed by atoms with E-state index in [1.54, 1.807) is 0 Å². The van der Waals surface area contributed by atoms with Gasteiger partial charge in [-0.1, -0.05) is 0 Å². The van der Waals surface area contributed by atoms with Gasteiger partial charge in [0, 0.05) is 0 Å². The average molecular weight is 359 g/mol. The summed E-state index contributed by atoms with van der Waals surface area (Å²) in [6, 6.07) is 4.10. The van der Waals surface area contributed by atoms with Crippen LogP contribution in [0.15, 0.2) is 18.3 Å². The summed E-state index contributed by atoms with van der Waals surface area (Å²) in [7, 11) is 0. The van der Waals surface area contributed by atoms with Crippen LogP contribution < -0.4 is 26.5 Å². The molecule has 0 bridgehead atoms. The summed E-state index contributed by atoms with van der Waals surface area (Å²) in [5, 5.41) is 2.41. The molecule has 2 rings (SSSR count). The quantitative estimate of drug-likeness (QED) is 0.397. The Morgan fingerprint density at radius 1 is 1.39 bits per heavy atom. The van der Waals surface area contributed by atoms with Gasteiger partial charge >= 0.3 is 117 Å². The van der Waals surface area contributed by atoms with Crippen molar-refractivity contribution >= 4 is 11.8 Å². The number of amides is 2. The number of carbonyl (C=O) groups excluding carboxylic acids is 2. The van der Waals surface area contributed by atoms with E-state index in [1.807, 2.05) is 12.3 Å². The van der Waals surface area contributed by atoms with Crippen LogP contribution in [0.3, 0.4) is 0 Å². The van der Waals surface area contributed by atoms with Crippen molar-refractivity contribution in [1.82, 2.24) is 10.3 Å².